The Labute approximate surface area is 210 Å². The molecule has 8 heteroatoms. The lowest BCUT2D eigenvalue weighted by Crippen LogP contribution is -2.57. The molecule has 1 aromatic heterocycles. The maximum atomic E-state index is 12.9. The summed E-state index contributed by atoms with van der Waals surface area (Å²) in [6.07, 6.45) is 0.825. The molecule has 1 fully saturated rings. The number of fused-ring (bicyclic) bond motifs is 2. The number of anilines is 1. The number of nitrogens with one attached hydrogen (secondary N) is 1. The molecule has 0 bridgehead atoms. The lowest BCUT2D eigenvalue weighted by atomic mass is 9.47. The van der Waals surface area contributed by atoms with Crippen molar-refractivity contribution in [1.82, 2.24) is 4.98 Å². The molecule has 1 heterocycles. The first-order chi connectivity index (χ1) is 16.3. The zero-order valence-corrected chi connectivity index (χ0v) is 21.9. The molecule has 1 saturated carbocycles. The number of carbonyl (C=O) groups is 2. The standard InChI is InChI=1S/C27H36N2O5S/c1-25(2,3)16-8-6-15(7-9-16)23(34)29-24-28-22-17(12-21(32)33)26(4)11-10-20(31)27(5,14-30)19(26)13-18(22)35-24/h6-9,17,19-20,30-31H,10-14H2,1-5H3,(H,32,33)(H,28,29,34)/p-1/t17-,19+,20-,26+,27+/m1/s1. The van der Waals surface area contributed by atoms with E-state index in [4.69, 9.17) is 4.98 Å². The first kappa shape index (κ1) is 25.8. The Morgan fingerprint density at radius 2 is 1.89 bits per heavy atom. The maximum Gasteiger partial charge on any atom is 0.257 e. The summed E-state index contributed by atoms with van der Waals surface area (Å²) in [4.78, 5) is 30.3. The van der Waals surface area contributed by atoms with E-state index in [1.807, 2.05) is 26.0 Å². The summed E-state index contributed by atoms with van der Waals surface area (Å²) in [5.74, 6) is -1.98. The van der Waals surface area contributed by atoms with Crippen LogP contribution in [-0.4, -0.2) is 39.8 Å². The average Bonchev–Trinajstić information content (AvgIpc) is 3.19. The van der Waals surface area contributed by atoms with Crippen LogP contribution in [-0.2, 0) is 16.6 Å². The minimum Gasteiger partial charge on any atom is -0.550 e. The number of hydrogen-bond donors (Lipinski definition) is 3. The fourth-order valence-electron chi connectivity index (χ4n) is 6.16. The molecule has 7 nitrogen and oxygen atoms in total. The van der Waals surface area contributed by atoms with Gasteiger partial charge in [0.2, 0.25) is 0 Å². The van der Waals surface area contributed by atoms with Gasteiger partial charge in [-0.2, -0.15) is 0 Å². The molecule has 5 atom stereocenters. The van der Waals surface area contributed by atoms with Gasteiger partial charge in [0.05, 0.1) is 18.4 Å². The van der Waals surface area contributed by atoms with Gasteiger partial charge in [-0.05, 0) is 60.1 Å². The average molecular weight is 500 g/mol. The van der Waals surface area contributed by atoms with Crippen molar-refractivity contribution in [2.45, 2.75) is 77.7 Å². The zero-order chi connectivity index (χ0) is 25.8. The number of carbonyl (C=O) groups excluding carboxylic acids is 2. The van der Waals surface area contributed by atoms with Crippen LogP contribution < -0.4 is 10.4 Å². The van der Waals surface area contributed by atoms with Crippen LogP contribution >= 0.6 is 11.3 Å². The van der Waals surface area contributed by atoms with Gasteiger partial charge in [0.1, 0.15) is 0 Å². The highest BCUT2D eigenvalue weighted by molar-refractivity contribution is 7.15. The summed E-state index contributed by atoms with van der Waals surface area (Å²) in [7, 11) is 0. The number of hydrogen-bond acceptors (Lipinski definition) is 7. The number of rotatable bonds is 5. The fourth-order valence-corrected chi connectivity index (χ4v) is 7.22. The van der Waals surface area contributed by atoms with Crippen LogP contribution in [0.1, 0.15) is 86.3 Å². The van der Waals surface area contributed by atoms with E-state index < -0.39 is 28.8 Å². The van der Waals surface area contributed by atoms with E-state index in [1.54, 1.807) is 12.1 Å². The Kier molecular flexibility index (Phi) is 6.62. The topological polar surface area (TPSA) is 123 Å². The molecule has 4 rings (SSSR count). The third kappa shape index (κ3) is 4.52. The molecule has 2 aliphatic rings. The lowest BCUT2D eigenvalue weighted by molar-refractivity contribution is -0.307. The first-order valence-corrected chi connectivity index (χ1v) is 13.0. The van der Waals surface area contributed by atoms with E-state index in [-0.39, 0.29) is 30.3 Å². The smallest absolute Gasteiger partial charge is 0.257 e. The molecular weight excluding hydrogens is 464 g/mol. The molecule has 0 saturated heterocycles. The molecule has 0 radical (unpaired) electrons. The van der Waals surface area contributed by atoms with E-state index in [0.717, 1.165) is 10.4 Å². The first-order valence-electron chi connectivity index (χ1n) is 12.2. The second kappa shape index (κ2) is 8.98. The molecule has 3 N–H and O–H groups in total. The number of aliphatic carboxylic acids is 1. The Morgan fingerprint density at radius 3 is 2.46 bits per heavy atom. The molecule has 0 spiro atoms. The van der Waals surface area contributed by atoms with Gasteiger partial charge >= 0.3 is 0 Å². The van der Waals surface area contributed by atoms with E-state index in [1.165, 1.54) is 11.3 Å². The van der Waals surface area contributed by atoms with Gasteiger partial charge < -0.3 is 20.1 Å². The Morgan fingerprint density at radius 1 is 1.23 bits per heavy atom. The largest absolute Gasteiger partial charge is 0.550 e. The SMILES string of the molecule is CC(C)(C)c1ccc(C(=O)Nc2nc3c(s2)C[C@@H]2[C@](C)(CO)[C@H](O)CC[C@@]2(C)[C@@H]3CC(=O)[O-])cc1. The van der Waals surface area contributed by atoms with Crippen molar-refractivity contribution in [3.63, 3.8) is 0 Å². The predicted octanol–water partition coefficient (Wildman–Crippen LogP) is 3.25. The third-order valence-corrected chi connectivity index (χ3v) is 9.51. The molecular formula is C27H35N2O5S-. The molecule has 0 aliphatic heterocycles. The third-order valence-electron chi connectivity index (χ3n) is 8.50. The minimum absolute atomic E-state index is 0.0130. The van der Waals surface area contributed by atoms with Crippen LogP contribution in [0.5, 0.6) is 0 Å². The van der Waals surface area contributed by atoms with Crippen molar-refractivity contribution in [1.29, 1.82) is 0 Å². The lowest BCUT2D eigenvalue weighted by Gasteiger charge is -2.58. The molecule has 190 valence electrons. The van der Waals surface area contributed by atoms with Crippen LogP contribution in [0.15, 0.2) is 24.3 Å². The van der Waals surface area contributed by atoms with Gasteiger partial charge in [-0.25, -0.2) is 4.98 Å². The number of nitrogens with zero attached hydrogens (tertiary/aromatic N) is 1. The highest BCUT2D eigenvalue weighted by atomic mass is 32.1. The Hall–Kier alpha value is -2.29. The van der Waals surface area contributed by atoms with Gasteiger partial charge in [0, 0.05) is 27.7 Å². The number of aliphatic hydroxyl groups is 2. The summed E-state index contributed by atoms with van der Waals surface area (Å²) in [6.45, 7) is 10.1. The quantitative estimate of drug-likeness (QED) is 0.580. The van der Waals surface area contributed by atoms with Crippen LogP contribution in [0.2, 0.25) is 0 Å². The second-order valence-corrected chi connectivity index (χ2v) is 12.8. The van der Waals surface area contributed by atoms with E-state index >= 15 is 0 Å². The number of thiazole rings is 1. The zero-order valence-electron chi connectivity index (χ0n) is 21.1. The monoisotopic (exact) mass is 499 g/mol. The van der Waals surface area contributed by atoms with Crippen LogP contribution in [0.4, 0.5) is 5.13 Å². The number of aliphatic hydroxyl groups excluding tert-OH is 2. The minimum atomic E-state index is -1.16. The molecule has 2 aliphatic carbocycles. The second-order valence-electron chi connectivity index (χ2n) is 11.7. The van der Waals surface area contributed by atoms with Crippen molar-refractivity contribution in [3.05, 3.63) is 46.0 Å². The van der Waals surface area contributed by atoms with E-state index in [2.05, 4.69) is 26.1 Å². The highest BCUT2D eigenvalue weighted by Gasteiger charge is 2.59. The number of carboxylic acids is 1. The van der Waals surface area contributed by atoms with Gasteiger partial charge in [-0.3, -0.25) is 10.1 Å². The van der Waals surface area contributed by atoms with E-state index in [9.17, 15) is 24.9 Å². The predicted molar refractivity (Wildman–Crippen MR) is 133 cm³/mol. The molecule has 0 unspecified atom stereocenters. The Balaban J connectivity index is 1.66. The fraction of sp³-hybridized carbons (Fsp3) is 0.593. The Bertz CT molecular complexity index is 1120. The maximum absolute atomic E-state index is 12.9. The van der Waals surface area contributed by atoms with Crippen molar-refractivity contribution < 1.29 is 24.9 Å². The van der Waals surface area contributed by atoms with Crippen LogP contribution in [0.25, 0.3) is 0 Å². The van der Waals surface area contributed by atoms with Gasteiger partial charge in [-0.15, -0.1) is 11.3 Å². The van der Waals surface area contributed by atoms with Crippen molar-refractivity contribution in [2.24, 2.45) is 16.7 Å². The summed E-state index contributed by atoms with van der Waals surface area (Å²) < 4.78 is 0. The van der Waals surface area contributed by atoms with E-state index in [0.29, 0.717) is 35.7 Å². The van der Waals surface area contributed by atoms with Crippen LogP contribution in [0.3, 0.4) is 0 Å². The number of aromatic nitrogens is 1. The highest BCUT2D eigenvalue weighted by Crippen LogP contribution is 2.62. The summed E-state index contributed by atoms with van der Waals surface area (Å²) in [5, 5.41) is 36.1. The number of carboxylic acid groups (broad SMARTS) is 1. The molecule has 2 aromatic rings. The number of benzene rings is 1. The molecule has 1 aromatic carbocycles. The normalized spacial score (nSPS) is 30.3. The number of amides is 1. The summed E-state index contributed by atoms with van der Waals surface area (Å²) in [6, 6.07) is 7.49. The summed E-state index contributed by atoms with van der Waals surface area (Å²) in [5.41, 5.74) is 1.11. The van der Waals surface area contributed by atoms with Crippen molar-refractivity contribution in [2.75, 3.05) is 11.9 Å². The summed E-state index contributed by atoms with van der Waals surface area (Å²) >= 11 is 1.34. The van der Waals surface area contributed by atoms with Gasteiger partial charge in [0.25, 0.3) is 5.91 Å². The van der Waals surface area contributed by atoms with Gasteiger partial charge in [-0.1, -0.05) is 46.8 Å². The van der Waals surface area contributed by atoms with Crippen molar-refractivity contribution >= 4 is 28.3 Å². The van der Waals surface area contributed by atoms with Crippen LogP contribution in [0, 0.1) is 16.7 Å². The molecule has 1 amide bonds. The molecule has 35 heavy (non-hydrogen) atoms. The van der Waals surface area contributed by atoms with Crippen molar-refractivity contribution in [3.8, 4) is 0 Å². The van der Waals surface area contributed by atoms with Gasteiger partial charge in [0.15, 0.2) is 5.13 Å².